The zero-order valence-electron chi connectivity index (χ0n) is 10.7. The minimum atomic E-state index is -0.259. The Hall–Kier alpha value is -3.16. The standard InChI is InChI=1S/C14H9N5OS/c15-8-12(9-16)19-18-11-5-3-10(4-6-11)17-14(20)13-2-1-7-21-13/h1-7,18H,(H,17,20). The van der Waals surface area contributed by atoms with Gasteiger partial charge in [0.05, 0.1) is 10.6 Å². The second-order valence-electron chi connectivity index (χ2n) is 3.80. The minimum absolute atomic E-state index is 0.167. The normalized spacial score (nSPS) is 9.05. The molecule has 0 saturated carbocycles. The number of amides is 1. The van der Waals surface area contributed by atoms with Gasteiger partial charge >= 0.3 is 0 Å². The monoisotopic (exact) mass is 295 g/mol. The molecule has 0 atom stereocenters. The summed E-state index contributed by atoms with van der Waals surface area (Å²) in [6.07, 6.45) is 0. The van der Waals surface area contributed by atoms with Gasteiger partial charge in [-0.1, -0.05) is 6.07 Å². The van der Waals surface area contributed by atoms with Gasteiger partial charge in [-0.25, -0.2) is 0 Å². The van der Waals surface area contributed by atoms with E-state index in [-0.39, 0.29) is 11.6 Å². The molecule has 1 aromatic carbocycles. The molecule has 1 amide bonds. The van der Waals surface area contributed by atoms with E-state index in [1.807, 2.05) is 11.4 Å². The van der Waals surface area contributed by atoms with Crippen molar-refractivity contribution in [2.75, 3.05) is 10.7 Å². The lowest BCUT2D eigenvalue weighted by molar-refractivity contribution is 0.103. The second-order valence-corrected chi connectivity index (χ2v) is 4.75. The first kappa shape index (κ1) is 14.3. The van der Waals surface area contributed by atoms with Gasteiger partial charge in [0, 0.05) is 5.69 Å². The maximum atomic E-state index is 11.8. The van der Waals surface area contributed by atoms with Crippen molar-refractivity contribution in [2.24, 2.45) is 5.10 Å². The van der Waals surface area contributed by atoms with Gasteiger partial charge < -0.3 is 5.32 Å². The van der Waals surface area contributed by atoms with Crippen LogP contribution in [0.5, 0.6) is 0 Å². The third-order valence-corrected chi connectivity index (χ3v) is 3.26. The zero-order valence-corrected chi connectivity index (χ0v) is 11.5. The number of carbonyl (C=O) groups excluding carboxylic acids is 1. The summed E-state index contributed by atoms with van der Waals surface area (Å²) in [7, 11) is 0. The number of nitriles is 2. The van der Waals surface area contributed by atoms with Crippen molar-refractivity contribution >= 4 is 34.3 Å². The molecular formula is C14H9N5OS. The fourth-order valence-corrected chi connectivity index (χ4v) is 2.04. The molecule has 2 N–H and O–H groups in total. The van der Waals surface area contributed by atoms with Crippen LogP contribution in [0.15, 0.2) is 46.9 Å². The highest BCUT2D eigenvalue weighted by molar-refractivity contribution is 7.12. The highest BCUT2D eigenvalue weighted by Crippen LogP contribution is 2.16. The lowest BCUT2D eigenvalue weighted by Gasteiger charge is -2.05. The molecule has 0 aliphatic rings. The molecule has 0 fully saturated rings. The predicted molar refractivity (Wildman–Crippen MR) is 81.0 cm³/mol. The maximum absolute atomic E-state index is 11.8. The number of carbonyl (C=O) groups is 1. The molecule has 2 rings (SSSR count). The van der Waals surface area contributed by atoms with Gasteiger partial charge in [-0.05, 0) is 35.7 Å². The van der Waals surface area contributed by atoms with Crippen LogP contribution in [0.3, 0.4) is 0 Å². The van der Waals surface area contributed by atoms with Crippen molar-refractivity contribution in [3.8, 4) is 12.1 Å². The Morgan fingerprint density at radius 2 is 1.76 bits per heavy atom. The maximum Gasteiger partial charge on any atom is 0.265 e. The quantitative estimate of drug-likeness (QED) is 0.669. The largest absolute Gasteiger partial charge is 0.321 e. The van der Waals surface area contributed by atoms with Crippen LogP contribution in [0.4, 0.5) is 11.4 Å². The summed E-state index contributed by atoms with van der Waals surface area (Å²) in [4.78, 5) is 12.5. The summed E-state index contributed by atoms with van der Waals surface area (Å²) in [5.74, 6) is -0.167. The molecule has 0 saturated heterocycles. The number of benzene rings is 1. The Kier molecular flexibility index (Phi) is 4.65. The van der Waals surface area contributed by atoms with Gasteiger partial charge in [-0.15, -0.1) is 11.3 Å². The van der Waals surface area contributed by atoms with Crippen molar-refractivity contribution < 1.29 is 4.79 Å². The predicted octanol–water partition coefficient (Wildman–Crippen LogP) is 2.82. The molecule has 2 aromatic rings. The van der Waals surface area contributed by atoms with E-state index in [0.29, 0.717) is 16.3 Å². The van der Waals surface area contributed by atoms with E-state index >= 15 is 0 Å². The van der Waals surface area contributed by atoms with Crippen molar-refractivity contribution in [1.29, 1.82) is 10.5 Å². The van der Waals surface area contributed by atoms with E-state index in [9.17, 15) is 4.79 Å². The van der Waals surface area contributed by atoms with E-state index < -0.39 is 0 Å². The van der Waals surface area contributed by atoms with E-state index in [2.05, 4.69) is 15.8 Å². The highest BCUT2D eigenvalue weighted by atomic mass is 32.1. The van der Waals surface area contributed by atoms with Crippen molar-refractivity contribution in [3.63, 3.8) is 0 Å². The van der Waals surface area contributed by atoms with Crippen molar-refractivity contribution in [1.82, 2.24) is 0 Å². The van der Waals surface area contributed by atoms with E-state index in [1.165, 1.54) is 11.3 Å². The molecule has 7 heteroatoms. The average molecular weight is 295 g/mol. The summed E-state index contributed by atoms with van der Waals surface area (Å²) in [5.41, 5.74) is 3.57. The Bertz CT molecular complexity index is 719. The van der Waals surface area contributed by atoms with Gasteiger partial charge in [-0.3, -0.25) is 10.2 Å². The van der Waals surface area contributed by atoms with Gasteiger partial charge in [-0.2, -0.15) is 15.6 Å². The van der Waals surface area contributed by atoms with Crippen LogP contribution < -0.4 is 10.7 Å². The number of nitrogens with zero attached hydrogens (tertiary/aromatic N) is 3. The molecule has 0 radical (unpaired) electrons. The number of hydrogen-bond acceptors (Lipinski definition) is 6. The third kappa shape index (κ3) is 3.90. The van der Waals surface area contributed by atoms with Crippen LogP contribution >= 0.6 is 11.3 Å². The number of rotatable bonds is 4. The first-order chi connectivity index (χ1) is 10.2. The molecule has 0 unspecified atom stereocenters. The minimum Gasteiger partial charge on any atom is -0.321 e. The topological polar surface area (TPSA) is 101 Å². The molecule has 102 valence electrons. The molecule has 0 spiro atoms. The van der Waals surface area contributed by atoms with Gasteiger partial charge in [0.2, 0.25) is 5.71 Å². The van der Waals surface area contributed by atoms with Gasteiger partial charge in [0.25, 0.3) is 5.91 Å². The molecule has 21 heavy (non-hydrogen) atoms. The highest BCUT2D eigenvalue weighted by Gasteiger charge is 2.06. The molecule has 1 aromatic heterocycles. The Morgan fingerprint density at radius 3 is 2.33 bits per heavy atom. The first-order valence-electron chi connectivity index (χ1n) is 5.82. The van der Waals surface area contributed by atoms with E-state index in [0.717, 1.165) is 0 Å². The summed E-state index contributed by atoms with van der Waals surface area (Å²) in [6, 6.07) is 13.6. The number of hydrogen-bond donors (Lipinski definition) is 2. The average Bonchev–Trinajstić information content (AvgIpc) is 3.04. The van der Waals surface area contributed by atoms with Crippen LogP contribution in [0, 0.1) is 22.7 Å². The Labute approximate surface area is 125 Å². The number of nitrogens with one attached hydrogen (secondary N) is 2. The van der Waals surface area contributed by atoms with Gasteiger partial charge in [0.15, 0.2) is 0 Å². The van der Waals surface area contributed by atoms with Crippen LogP contribution in [0.1, 0.15) is 9.67 Å². The summed E-state index contributed by atoms with van der Waals surface area (Å²) >= 11 is 1.37. The lowest BCUT2D eigenvalue weighted by atomic mass is 10.3. The Morgan fingerprint density at radius 1 is 1.10 bits per heavy atom. The molecule has 1 heterocycles. The summed E-state index contributed by atoms with van der Waals surface area (Å²) in [6.45, 7) is 0. The molecular weight excluding hydrogens is 286 g/mol. The zero-order chi connectivity index (χ0) is 15.1. The van der Waals surface area contributed by atoms with Crippen molar-refractivity contribution in [2.45, 2.75) is 0 Å². The summed E-state index contributed by atoms with van der Waals surface area (Å²) < 4.78 is 0. The smallest absolute Gasteiger partial charge is 0.265 e. The molecule has 0 aliphatic heterocycles. The number of thiophene rings is 1. The lowest BCUT2D eigenvalue weighted by Crippen LogP contribution is -2.09. The fourth-order valence-electron chi connectivity index (χ4n) is 1.42. The first-order valence-corrected chi connectivity index (χ1v) is 6.69. The summed E-state index contributed by atoms with van der Waals surface area (Å²) in [5, 5.41) is 25.3. The van der Waals surface area contributed by atoms with E-state index in [1.54, 1.807) is 42.5 Å². The van der Waals surface area contributed by atoms with Crippen LogP contribution in [-0.4, -0.2) is 11.6 Å². The molecule has 6 nitrogen and oxygen atoms in total. The third-order valence-electron chi connectivity index (χ3n) is 2.40. The molecule has 0 bridgehead atoms. The Balaban J connectivity index is 2.00. The molecule has 0 aliphatic carbocycles. The van der Waals surface area contributed by atoms with E-state index in [4.69, 9.17) is 10.5 Å². The van der Waals surface area contributed by atoms with Crippen molar-refractivity contribution in [3.05, 3.63) is 46.7 Å². The number of hydrazone groups is 1. The van der Waals surface area contributed by atoms with Crippen LogP contribution in [0.25, 0.3) is 0 Å². The number of anilines is 2. The fraction of sp³-hybridized carbons (Fsp3) is 0. The van der Waals surface area contributed by atoms with Crippen LogP contribution in [-0.2, 0) is 0 Å². The SMILES string of the molecule is N#CC(C#N)=NNc1ccc(NC(=O)c2cccs2)cc1. The van der Waals surface area contributed by atoms with Gasteiger partial charge in [0.1, 0.15) is 12.1 Å². The second kappa shape index (κ2) is 6.85. The van der Waals surface area contributed by atoms with Crippen LogP contribution in [0.2, 0.25) is 0 Å².